The Morgan fingerprint density at radius 3 is 2.69 bits per heavy atom. The first kappa shape index (κ1) is 10.5. The van der Waals surface area contributed by atoms with Crippen molar-refractivity contribution in [1.82, 2.24) is 20.2 Å². The molecule has 2 rings (SSSR count). The summed E-state index contributed by atoms with van der Waals surface area (Å²) in [7, 11) is 0. The molecule has 1 aromatic carbocycles. The maximum atomic E-state index is 13.0. The number of nitrogens with one attached hydrogen (secondary N) is 1. The molecule has 0 fully saturated rings. The second-order valence-corrected chi connectivity index (χ2v) is 3.30. The van der Waals surface area contributed by atoms with Crippen LogP contribution in [0.25, 0.3) is 0 Å². The highest BCUT2D eigenvalue weighted by Crippen LogP contribution is 2.17. The maximum Gasteiger partial charge on any atom is 0.361 e. The van der Waals surface area contributed by atoms with Crippen molar-refractivity contribution in [2.24, 2.45) is 0 Å². The summed E-state index contributed by atoms with van der Waals surface area (Å²) < 4.78 is 26.7. The topological polar surface area (TPSA) is 63.6 Å². The molecular formula is C9H8F2N4O. The van der Waals surface area contributed by atoms with Crippen molar-refractivity contribution >= 4 is 0 Å². The number of aromatic nitrogens is 4. The lowest BCUT2D eigenvalue weighted by molar-refractivity contribution is 0.493. The van der Waals surface area contributed by atoms with Gasteiger partial charge >= 0.3 is 5.69 Å². The first-order chi connectivity index (χ1) is 7.59. The van der Waals surface area contributed by atoms with Gasteiger partial charge in [-0.25, -0.2) is 18.7 Å². The first-order valence-corrected chi connectivity index (χ1v) is 4.54. The molecule has 0 aliphatic heterocycles. The predicted molar refractivity (Wildman–Crippen MR) is 50.8 cm³/mol. The van der Waals surface area contributed by atoms with E-state index < -0.39 is 23.4 Å². The van der Waals surface area contributed by atoms with Gasteiger partial charge in [-0.3, -0.25) is 0 Å². The predicted octanol–water partition coefficient (Wildman–Crippen LogP) is 0.854. The summed E-state index contributed by atoms with van der Waals surface area (Å²) in [4.78, 5) is 11.2. The monoisotopic (exact) mass is 226 g/mol. The summed E-state index contributed by atoms with van der Waals surface area (Å²) in [5.74, 6) is -1.88. The molecule has 0 bridgehead atoms. The van der Waals surface area contributed by atoms with Crippen LogP contribution in [0.4, 0.5) is 8.78 Å². The quantitative estimate of drug-likeness (QED) is 0.825. The van der Waals surface area contributed by atoms with E-state index in [2.05, 4.69) is 15.5 Å². The standard InChI is InChI=1S/C9H8F2N4O/c1-5(15-9(16)12-13-14-15)6-2-3-7(10)8(11)4-6/h2-5H,1H3,(H,12,14,16). The summed E-state index contributed by atoms with van der Waals surface area (Å²) in [5, 5.41) is 8.97. The fraction of sp³-hybridized carbons (Fsp3) is 0.222. The van der Waals surface area contributed by atoms with E-state index in [9.17, 15) is 13.6 Å². The van der Waals surface area contributed by atoms with Crippen molar-refractivity contribution in [3.05, 3.63) is 45.9 Å². The Hall–Kier alpha value is -2.05. The summed E-state index contributed by atoms with van der Waals surface area (Å²) in [6, 6.07) is 2.92. The van der Waals surface area contributed by atoms with E-state index >= 15 is 0 Å². The van der Waals surface area contributed by atoms with E-state index in [1.54, 1.807) is 6.92 Å². The molecule has 0 saturated heterocycles. The lowest BCUT2D eigenvalue weighted by Gasteiger charge is -2.10. The zero-order chi connectivity index (χ0) is 11.7. The minimum atomic E-state index is -0.958. The number of benzene rings is 1. The van der Waals surface area contributed by atoms with Gasteiger partial charge in [0.1, 0.15) is 0 Å². The zero-order valence-corrected chi connectivity index (χ0v) is 8.32. The normalized spacial score (nSPS) is 12.7. The molecule has 16 heavy (non-hydrogen) atoms. The third kappa shape index (κ3) is 1.71. The largest absolute Gasteiger partial charge is 0.361 e. The van der Waals surface area contributed by atoms with Gasteiger partial charge in [-0.15, -0.1) is 0 Å². The Kier molecular flexibility index (Phi) is 2.51. The number of halogens is 2. The van der Waals surface area contributed by atoms with Gasteiger partial charge in [-0.05, 0) is 35.0 Å². The number of tetrazole rings is 1. The molecule has 0 amide bonds. The van der Waals surface area contributed by atoms with Crippen LogP contribution in [0.5, 0.6) is 0 Å². The molecular weight excluding hydrogens is 218 g/mol. The van der Waals surface area contributed by atoms with Crippen LogP contribution < -0.4 is 5.69 Å². The third-order valence-electron chi connectivity index (χ3n) is 2.29. The maximum absolute atomic E-state index is 13.0. The molecule has 0 saturated carbocycles. The Morgan fingerprint density at radius 1 is 1.38 bits per heavy atom. The molecule has 1 aromatic heterocycles. The molecule has 0 radical (unpaired) electrons. The van der Waals surface area contributed by atoms with Crippen LogP contribution >= 0.6 is 0 Å². The average Bonchev–Trinajstić information content (AvgIpc) is 2.67. The Morgan fingerprint density at radius 2 is 2.12 bits per heavy atom. The number of aromatic amines is 1. The molecule has 2 aromatic rings. The summed E-state index contributed by atoms with van der Waals surface area (Å²) >= 11 is 0. The molecule has 84 valence electrons. The van der Waals surface area contributed by atoms with Gasteiger partial charge in [0, 0.05) is 0 Å². The third-order valence-corrected chi connectivity index (χ3v) is 2.29. The minimum absolute atomic E-state index is 0.440. The van der Waals surface area contributed by atoms with E-state index in [0.717, 1.165) is 16.8 Å². The van der Waals surface area contributed by atoms with Crippen LogP contribution in [0.1, 0.15) is 18.5 Å². The SMILES string of the molecule is CC(c1ccc(F)c(F)c1)n1nn[nH]c1=O. The van der Waals surface area contributed by atoms with Crippen LogP contribution in [0, 0.1) is 11.6 Å². The summed E-state index contributed by atoms with van der Waals surface area (Å²) in [5.41, 5.74) is -0.0628. The van der Waals surface area contributed by atoms with Gasteiger partial charge in [-0.1, -0.05) is 6.07 Å². The number of nitrogens with zero attached hydrogens (tertiary/aromatic N) is 3. The van der Waals surface area contributed by atoms with E-state index in [1.807, 2.05) is 0 Å². The van der Waals surface area contributed by atoms with Gasteiger partial charge < -0.3 is 0 Å². The van der Waals surface area contributed by atoms with Crippen LogP contribution in [0.2, 0.25) is 0 Å². The van der Waals surface area contributed by atoms with E-state index in [0.29, 0.717) is 5.56 Å². The molecule has 0 aliphatic rings. The van der Waals surface area contributed by atoms with Crippen molar-refractivity contribution < 1.29 is 8.78 Å². The summed E-state index contributed by atoms with van der Waals surface area (Å²) in [6.07, 6.45) is 0. The Balaban J connectivity index is 2.42. The number of hydrogen-bond donors (Lipinski definition) is 1. The lowest BCUT2D eigenvalue weighted by Crippen LogP contribution is -2.22. The van der Waals surface area contributed by atoms with E-state index in [-0.39, 0.29) is 0 Å². The van der Waals surface area contributed by atoms with Crippen molar-refractivity contribution in [2.75, 3.05) is 0 Å². The van der Waals surface area contributed by atoms with Crippen molar-refractivity contribution in [3.8, 4) is 0 Å². The van der Waals surface area contributed by atoms with Gasteiger partial charge in [0.2, 0.25) is 0 Å². The highest BCUT2D eigenvalue weighted by atomic mass is 19.2. The molecule has 1 unspecified atom stereocenters. The molecule has 0 aliphatic carbocycles. The molecule has 1 heterocycles. The number of hydrogen-bond acceptors (Lipinski definition) is 3. The molecule has 1 N–H and O–H groups in total. The van der Waals surface area contributed by atoms with Crippen LogP contribution in [0.3, 0.4) is 0 Å². The van der Waals surface area contributed by atoms with E-state index in [4.69, 9.17) is 0 Å². The van der Waals surface area contributed by atoms with Crippen molar-refractivity contribution in [3.63, 3.8) is 0 Å². The second-order valence-electron chi connectivity index (χ2n) is 3.30. The second kappa shape index (κ2) is 3.84. The zero-order valence-electron chi connectivity index (χ0n) is 8.32. The Labute approximate surface area is 88.7 Å². The first-order valence-electron chi connectivity index (χ1n) is 4.54. The lowest BCUT2D eigenvalue weighted by atomic mass is 10.1. The molecule has 0 spiro atoms. The van der Waals surface area contributed by atoms with Crippen molar-refractivity contribution in [2.45, 2.75) is 13.0 Å². The number of H-pyrrole nitrogens is 1. The van der Waals surface area contributed by atoms with Gasteiger partial charge in [0.15, 0.2) is 11.6 Å². The van der Waals surface area contributed by atoms with Gasteiger partial charge in [0.05, 0.1) is 6.04 Å². The average molecular weight is 226 g/mol. The molecule has 1 atom stereocenters. The number of rotatable bonds is 2. The van der Waals surface area contributed by atoms with E-state index in [1.165, 1.54) is 6.07 Å². The van der Waals surface area contributed by atoms with Crippen molar-refractivity contribution in [1.29, 1.82) is 0 Å². The smallest absolute Gasteiger partial charge is 0.244 e. The fourth-order valence-corrected chi connectivity index (χ4v) is 1.37. The minimum Gasteiger partial charge on any atom is -0.244 e. The molecule has 7 heteroatoms. The summed E-state index contributed by atoms with van der Waals surface area (Å²) in [6.45, 7) is 1.64. The van der Waals surface area contributed by atoms with Crippen LogP contribution in [0.15, 0.2) is 23.0 Å². The highest BCUT2D eigenvalue weighted by Gasteiger charge is 2.14. The Bertz CT molecular complexity index is 563. The molecule has 5 nitrogen and oxygen atoms in total. The fourth-order valence-electron chi connectivity index (χ4n) is 1.37. The van der Waals surface area contributed by atoms with Crippen LogP contribution in [-0.2, 0) is 0 Å². The van der Waals surface area contributed by atoms with Gasteiger partial charge in [0.25, 0.3) is 0 Å². The van der Waals surface area contributed by atoms with Gasteiger partial charge in [-0.2, -0.15) is 4.68 Å². The van der Waals surface area contributed by atoms with Crippen LogP contribution in [-0.4, -0.2) is 20.2 Å². The highest BCUT2D eigenvalue weighted by molar-refractivity contribution is 5.21.